The maximum Gasteiger partial charge on any atom is 0.335 e. The number of rotatable bonds is 15. The Morgan fingerprint density at radius 3 is 1.73 bits per heavy atom. The van der Waals surface area contributed by atoms with E-state index in [1.165, 1.54) is 38.5 Å². The van der Waals surface area contributed by atoms with Gasteiger partial charge in [0.2, 0.25) is 0 Å². The van der Waals surface area contributed by atoms with Gasteiger partial charge in [-0.2, -0.15) is 12.7 Å². The van der Waals surface area contributed by atoms with Crippen LogP contribution in [0.3, 0.4) is 0 Å². The SMILES string of the molecule is CCCCCCCCCCCCN(CCC(=O)O)S(=O)(=O)O. The molecule has 0 fully saturated rings. The van der Waals surface area contributed by atoms with Gasteiger partial charge in [-0.25, -0.2) is 0 Å². The molecule has 0 unspecified atom stereocenters. The highest BCUT2D eigenvalue weighted by Crippen LogP contribution is 2.11. The number of aliphatic carboxylic acids is 1. The predicted octanol–water partition coefficient (Wildman–Crippen LogP) is 3.49. The van der Waals surface area contributed by atoms with Crippen molar-refractivity contribution in [3.05, 3.63) is 0 Å². The number of unbranched alkanes of at least 4 members (excludes halogenated alkanes) is 9. The van der Waals surface area contributed by atoms with Gasteiger partial charge in [-0.15, -0.1) is 0 Å². The number of hydrogen-bond donors (Lipinski definition) is 2. The van der Waals surface area contributed by atoms with Crippen molar-refractivity contribution in [1.82, 2.24) is 4.31 Å². The van der Waals surface area contributed by atoms with Gasteiger partial charge < -0.3 is 5.11 Å². The molecule has 0 aromatic carbocycles. The van der Waals surface area contributed by atoms with E-state index < -0.39 is 16.3 Å². The van der Waals surface area contributed by atoms with E-state index in [9.17, 15) is 13.2 Å². The van der Waals surface area contributed by atoms with Crippen LogP contribution in [0.5, 0.6) is 0 Å². The first-order chi connectivity index (χ1) is 10.4. The Kier molecular flexibility index (Phi) is 12.5. The number of carbonyl (C=O) groups is 1. The van der Waals surface area contributed by atoms with Gasteiger partial charge in [0.05, 0.1) is 6.42 Å². The highest BCUT2D eigenvalue weighted by atomic mass is 32.2. The van der Waals surface area contributed by atoms with Gasteiger partial charge in [-0.1, -0.05) is 64.7 Å². The first kappa shape index (κ1) is 21.3. The maximum absolute atomic E-state index is 11.1. The summed E-state index contributed by atoms with van der Waals surface area (Å²) < 4.78 is 32.1. The van der Waals surface area contributed by atoms with Crippen molar-refractivity contribution in [2.45, 2.75) is 77.6 Å². The number of hydrogen-bond acceptors (Lipinski definition) is 3. The quantitative estimate of drug-likeness (QED) is 0.352. The summed E-state index contributed by atoms with van der Waals surface area (Å²) in [5.41, 5.74) is 0. The summed E-state index contributed by atoms with van der Waals surface area (Å²) in [6.07, 6.45) is 11.1. The van der Waals surface area contributed by atoms with E-state index in [4.69, 9.17) is 9.66 Å². The van der Waals surface area contributed by atoms with E-state index in [0.717, 1.165) is 23.6 Å². The molecule has 0 heterocycles. The van der Waals surface area contributed by atoms with Crippen molar-refractivity contribution in [2.24, 2.45) is 0 Å². The van der Waals surface area contributed by atoms with E-state index in [-0.39, 0.29) is 19.5 Å². The van der Waals surface area contributed by atoms with Gasteiger partial charge in [-0.3, -0.25) is 9.35 Å². The molecule has 0 saturated heterocycles. The topological polar surface area (TPSA) is 94.9 Å². The smallest absolute Gasteiger partial charge is 0.335 e. The Balaban J connectivity index is 3.66. The first-order valence-corrected chi connectivity index (χ1v) is 9.72. The average Bonchev–Trinajstić information content (AvgIpc) is 2.42. The molecule has 2 N–H and O–H groups in total. The lowest BCUT2D eigenvalue weighted by molar-refractivity contribution is -0.137. The summed E-state index contributed by atoms with van der Waals surface area (Å²) in [6.45, 7) is 2.21. The lowest BCUT2D eigenvalue weighted by atomic mass is 10.1. The van der Waals surface area contributed by atoms with E-state index in [0.29, 0.717) is 6.42 Å². The summed E-state index contributed by atoms with van der Waals surface area (Å²) >= 11 is 0. The van der Waals surface area contributed by atoms with Crippen LogP contribution >= 0.6 is 0 Å². The molecule has 0 bridgehead atoms. The molecule has 0 aromatic heterocycles. The highest BCUT2D eigenvalue weighted by Gasteiger charge is 2.18. The third-order valence-corrected chi connectivity index (χ3v) is 4.68. The fraction of sp³-hybridized carbons (Fsp3) is 0.933. The van der Waals surface area contributed by atoms with Crippen LogP contribution in [-0.2, 0) is 15.1 Å². The molecule has 0 spiro atoms. The standard InChI is InChI=1S/C15H31NO5S/c1-2-3-4-5-6-7-8-9-10-11-13-16(22(19,20)21)14-12-15(17)18/h2-14H2,1H3,(H,17,18)(H,19,20,21). The molecule has 22 heavy (non-hydrogen) atoms. The number of carboxylic acid groups (broad SMARTS) is 1. The zero-order chi connectivity index (χ0) is 16.8. The van der Waals surface area contributed by atoms with Gasteiger partial charge in [0.25, 0.3) is 0 Å². The van der Waals surface area contributed by atoms with Crippen molar-refractivity contribution >= 4 is 16.3 Å². The molecule has 7 heteroatoms. The minimum Gasteiger partial charge on any atom is -0.481 e. The van der Waals surface area contributed by atoms with Gasteiger partial charge in [0.15, 0.2) is 0 Å². The third-order valence-electron chi connectivity index (χ3n) is 3.66. The Labute approximate surface area is 134 Å². The molecule has 0 aliphatic carbocycles. The van der Waals surface area contributed by atoms with Crippen molar-refractivity contribution in [3.63, 3.8) is 0 Å². The van der Waals surface area contributed by atoms with Crippen molar-refractivity contribution in [3.8, 4) is 0 Å². The number of carboxylic acids is 1. The maximum atomic E-state index is 11.1. The molecular weight excluding hydrogens is 306 g/mol. The molecule has 0 aliphatic heterocycles. The van der Waals surface area contributed by atoms with E-state index in [2.05, 4.69) is 6.92 Å². The molecule has 6 nitrogen and oxygen atoms in total. The third kappa shape index (κ3) is 13.0. The molecule has 0 aliphatic rings. The van der Waals surface area contributed by atoms with Crippen LogP contribution in [0.4, 0.5) is 0 Å². The highest BCUT2D eigenvalue weighted by molar-refractivity contribution is 7.83. The molecule has 0 aromatic rings. The Morgan fingerprint density at radius 2 is 1.32 bits per heavy atom. The predicted molar refractivity (Wildman–Crippen MR) is 87.2 cm³/mol. The minimum absolute atomic E-state index is 0.175. The van der Waals surface area contributed by atoms with Crippen molar-refractivity contribution in [2.75, 3.05) is 13.1 Å². The fourth-order valence-corrected chi connectivity index (χ4v) is 3.02. The molecule has 0 rings (SSSR count). The van der Waals surface area contributed by atoms with E-state index >= 15 is 0 Å². The van der Waals surface area contributed by atoms with Gasteiger partial charge in [0.1, 0.15) is 0 Å². The van der Waals surface area contributed by atoms with Crippen LogP contribution in [0, 0.1) is 0 Å². The van der Waals surface area contributed by atoms with Gasteiger partial charge >= 0.3 is 16.3 Å². The average molecular weight is 337 g/mol. The molecule has 0 atom stereocenters. The van der Waals surface area contributed by atoms with Gasteiger partial charge in [0, 0.05) is 13.1 Å². The normalized spacial score (nSPS) is 12.0. The largest absolute Gasteiger partial charge is 0.481 e. The lowest BCUT2D eigenvalue weighted by Crippen LogP contribution is -2.33. The molecule has 0 amide bonds. The Morgan fingerprint density at radius 1 is 0.864 bits per heavy atom. The first-order valence-electron chi connectivity index (χ1n) is 8.32. The second-order valence-electron chi connectivity index (χ2n) is 5.70. The zero-order valence-corrected chi connectivity index (χ0v) is 14.5. The van der Waals surface area contributed by atoms with Crippen LogP contribution < -0.4 is 0 Å². The van der Waals surface area contributed by atoms with Crippen molar-refractivity contribution < 1.29 is 22.9 Å². The summed E-state index contributed by atoms with van der Waals surface area (Å²) in [5, 5.41) is 8.57. The molecule has 0 radical (unpaired) electrons. The second kappa shape index (κ2) is 12.8. The molecule has 0 saturated carbocycles. The fourth-order valence-electron chi connectivity index (χ4n) is 2.34. The van der Waals surface area contributed by atoms with Crippen LogP contribution in [-0.4, -0.2) is 41.4 Å². The lowest BCUT2D eigenvalue weighted by Gasteiger charge is -2.17. The van der Waals surface area contributed by atoms with Crippen LogP contribution in [0.25, 0.3) is 0 Å². The number of nitrogens with zero attached hydrogens (tertiary/aromatic N) is 1. The van der Waals surface area contributed by atoms with Crippen LogP contribution in [0.15, 0.2) is 0 Å². The monoisotopic (exact) mass is 337 g/mol. The summed E-state index contributed by atoms with van der Waals surface area (Å²) in [4.78, 5) is 10.5. The summed E-state index contributed by atoms with van der Waals surface area (Å²) in [7, 11) is -4.30. The molecule has 132 valence electrons. The summed E-state index contributed by atoms with van der Waals surface area (Å²) in [6, 6.07) is 0. The Bertz CT molecular complexity index is 383. The van der Waals surface area contributed by atoms with Crippen molar-refractivity contribution in [1.29, 1.82) is 0 Å². The Hall–Kier alpha value is -0.660. The second-order valence-corrected chi connectivity index (χ2v) is 7.11. The van der Waals surface area contributed by atoms with E-state index in [1.807, 2.05) is 0 Å². The van der Waals surface area contributed by atoms with Gasteiger partial charge in [-0.05, 0) is 6.42 Å². The van der Waals surface area contributed by atoms with Crippen LogP contribution in [0.1, 0.15) is 77.6 Å². The zero-order valence-electron chi connectivity index (χ0n) is 13.7. The minimum atomic E-state index is -4.30. The molecular formula is C15H31NO5S. The van der Waals surface area contributed by atoms with Crippen LogP contribution in [0.2, 0.25) is 0 Å². The van der Waals surface area contributed by atoms with E-state index in [1.54, 1.807) is 0 Å². The summed E-state index contributed by atoms with van der Waals surface area (Å²) in [5.74, 6) is -1.07.